The molecule has 10 atom stereocenters. The van der Waals surface area contributed by atoms with E-state index in [1.54, 1.807) is 0 Å². The fraction of sp³-hybridized carbons (Fsp3) is 0.935. The highest BCUT2D eigenvalue weighted by atomic mass is 16.6. The maximum atomic E-state index is 11.9. The van der Waals surface area contributed by atoms with Crippen LogP contribution in [0.15, 0.2) is 0 Å². The van der Waals surface area contributed by atoms with Gasteiger partial charge in [-0.25, -0.2) is 0 Å². The Morgan fingerprint density at radius 1 is 0.829 bits per heavy atom. The average Bonchev–Trinajstić information content (AvgIpc) is 3.10. The molecule has 4 heteroatoms. The third-order valence-electron chi connectivity index (χ3n) is 11.5. The van der Waals surface area contributed by atoms with Crippen LogP contribution >= 0.6 is 0 Å². The third kappa shape index (κ3) is 5.19. The van der Waals surface area contributed by atoms with Gasteiger partial charge in [-0.05, 0) is 104 Å². The van der Waals surface area contributed by atoms with Gasteiger partial charge in [-0.2, -0.15) is 0 Å². The van der Waals surface area contributed by atoms with Crippen LogP contribution in [0.2, 0.25) is 0 Å². The van der Waals surface area contributed by atoms with E-state index in [1.165, 1.54) is 71.6 Å². The van der Waals surface area contributed by atoms with E-state index in [2.05, 4.69) is 34.6 Å². The van der Waals surface area contributed by atoms with Crippen molar-refractivity contribution in [3.63, 3.8) is 0 Å². The summed E-state index contributed by atoms with van der Waals surface area (Å²) in [7, 11) is 0. The fourth-order valence-corrected chi connectivity index (χ4v) is 9.93. The minimum atomic E-state index is -0.304. The van der Waals surface area contributed by atoms with Crippen LogP contribution in [0.3, 0.4) is 0 Å². The molecule has 35 heavy (non-hydrogen) atoms. The Morgan fingerprint density at radius 2 is 1.49 bits per heavy atom. The van der Waals surface area contributed by atoms with Gasteiger partial charge in [0.15, 0.2) is 0 Å². The third-order valence-corrected chi connectivity index (χ3v) is 11.5. The van der Waals surface area contributed by atoms with E-state index < -0.39 is 0 Å². The number of hydrogen-bond acceptors (Lipinski definition) is 4. The largest absolute Gasteiger partial charge is 0.459 e. The van der Waals surface area contributed by atoms with Crippen molar-refractivity contribution in [1.82, 2.24) is 0 Å². The summed E-state index contributed by atoms with van der Waals surface area (Å²) in [6.07, 6.45) is 13.3. The molecule has 4 aliphatic rings. The standard InChI is InChI=1S/C31H52O4/c1-19(2)9-8-10-20(3)25-13-14-26-24-12-11-23-17-28(34-21(4)32)29(35-22(5)33)18-31(23,7)27(24)15-16-30(25,26)6/h19-20,23-29H,8-18H2,1-7H3/t20-,23+,24-,25-,26+,27-,28-,29-,30+,31-/m1/s1. The van der Waals surface area contributed by atoms with E-state index in [0.717, 1.165) is 42.4 Å². The smallest absolute Gasteiger partial charge is 0.303 e. The molecule has 0 aliphatic heterocycles. The van der Waals surface area contributed by atoms with Crippen molar-refractivity contribution in [3.05, 3.63) is 0 Å². The molecular weight excluding hydrogens is 436 g/mol. The summed E-state index contributed by atoms with van der Waals surface area (Å²) < 4.78 is 11.5. The first kappa shape index (κ1) is 27.0. The van der Waals surface area contributed by atoms with Crippen molar-refractivity contribution in [2.45, 2.75) is 131 Å². The highest BCUT2D eigenvalue weighted by Crippen LogP contribution is 2.68. The van der Waals surface area contributed by atoms with Crippen LogP contribution in [0.5, 0.6) is 0 Å². The molecule has 4 nitrogen and oxygen atoms in total. The minimum absolute atomic E-state index is 0.169. The number of carbonyl (C=O) groups is 2. The van der Waals surface area contributed by atoms with Gasteiger partial charge in [0.25, 0.3) is 0 Å². The monoisotopic (exact) mass is 488 g/mol. The van der Waals surface area contributed by atoms with Crippen LogP contribution in [-0.2, 0) is 19.1 Å². The normalized spacial score (nSPS) is 43.6. The molecule has 4 fully saturated rings. The predicted octanol–water partition coefficient (Wildman–Crippen LogP) is 7.58. The lowest BCUT2D eigenvalue weighted by Gasteiger charge is -2.62. The molecule has 0 radical (unpaired) electrons. The second kappa shape index (κ2) is 10.4. The Balaban J connectivity index is 1.50. The molecule has 200 valence electrons. The summed E-state index contributed by atoms with van der Waals surface area (Å²) in [5, 5.41) is 0. The van der Waals surface area contributed by atoms with Gasteiger partial charge in [0.05, 0.1) is 0 Å². The summed E-state index contributed by atoms with van der Waals surface area (Å²) in [4.78, 5) is 23.7. The number of fused-ring (bicyclic) bond motifs is 5. The molecule has 4 rings (SSSR count). The zero-order valence-electron chi connectivity index (χ0n) is 23.6. The van der Waals surface area contributed by atoms with Gasteiger partial charge in [-0.3, -0.25) is 9.59 Å². The Labute approximate surface area is 214 Å². The lowest BCUT2D eigenvalue weighted by Crippen LogP contribution is -2.57. The van der Waals surface area contributed by atoms with Crippen LogP contribution in [0, 0.1) is 52.3 Å². The van der Waals surface area contributed by atoms with Crippen LogP contribution < -0.4 is 0 Å². The number of rotatable bonds is 7. The molecule has 0 aromatic heterocycles. The van der Waals surface area contributed by atoms with Gasteiger partial charge in [-0.1, -0.05) is 53.9 Å². The van der Waals surface area contributed by atoms with Gasteiger partial charge in [0, 0.05) is 13.8 Å². The molecule has 0 aromatic carbocycles. The molecular formula is C31H52O4. The fourth-order valence-electron chi connectivity index (χ4n) is 9.93. The van der Waals surface area contributed by atoms with Crippen molar-refractivity contribution in [1.29, 1.82) is 0 Å². The molecule has 0 N–H and O–H groups in total. The summed E-state index contributed by atoms with van der Waals surface area (Å²) in [6, 6.07) is 0. The zero-order chi connectivity index (χ0) is 25.5. The highest BCUT2D eigenvalue weighted by molar-refractivity contribution is 5.67. The second-order valence-corrected chi connectivity index (χ2v) is 13.9. The molecule has 0 saturated heterocycles. The molecule has 0 aromatic rings. The summed E-state index contributed by atoms with van der Waals surface area (Å²) in [6.45, 7) is 15.3. The Hall–Kier alpha value is -1.06. The number of esters is 2. The van der Waals surface area contributed by atoms with Crippen molar-refractivity contribution >= 4 is 11.9 Å². The minimum Gasteiger partial charge on any atom is -0.459 e. The molecule has 0 spiro atoms. The highest BCUT2D eigenvalue weighted by Gasteiger charge is 2.62. The van der Waals surface area contributed by atoms with Gasteiger partial charge >= 0.3 is 11.9 Å². The maximum Gasteiger partial charge on any atom is 0.303 e. The summed E-state index contributed by atoms with van der Waals surface area (Å²) in [5.41, 5.74) is 0.661. The van der Waals surface area contributed by atoms with Crippen LogP contribution in [-0.4, -0.2) is 24.1 Å². The first-order valence-electron chi connectivity index (χ1n) is 14.8. The van der Waals surface area contributed by atoms with Crippen LogP contribution in [0.25, 0.3) is 0 Å². The van der Waals surface area contributed by atoms with Gasteiger partial charge in [-0.15, -0.1) is 0 Å². The SMILES string of the molecule is CC(=O)O[C@@H]1C[C@@H]2CC[C@H]3[C@@H](CC[C@@]4(C)[C@@H]([C@H](C)CCCC(C)C)CC[C@@H]34)[C@]2(C)C[C@H]1OC(C)=O. The first-order valence-corrected chi connectivity index (χ1v) is 14.8. The number of hydrogen-bond donors (Lipinski definition) is 0. The molecule has 0 unspecified atom stereocenters. The summed E-state index contributed by atoms with van der Waals surface area (Å²) in [5.74, 6) is 4.88. The van der Waals surface area contributed by atoms with E-state index >= 15 is 0 Å². The van der Waals surface area contributed by atoms with Crippen molar-refractivity contribution in [2.75, 3.05) is 0 Å². The van der Waals surface area contributed by atoms with Gasteiger partial charge < -0.3 is 9.47 Å². The average molecular weight is 489 g/mol. The maximum absolute atomic E-state index is 11.9. The molecule has 0 amide bonds. The molecule has 0 bridgehead atoms. The lowest BCUT2D eigenvalue weighted by atomic mass is 9.44. The van der Waals surface area contributed by atoms with E-state index in [0.29, 0.717) is 17.3 Å². The Bertz CT molecular complexity index is 776. The number of ether oxygens (including phenoxy) is 2. The quantitative estimate of drug-likeness (QED) is 0.347. The molecule has 0 heterocycles. The lowest BCUT2D eigenvalue weighted by molar-refractivity contribution is -0.195. The first-order chi connectivity index (χ1) is 16.5. The summed E-state index contributed by atoms with van der Waals surface area (Å²) >= 11 is 0. The second-order valence-electron chi connectivity index (χ2n) is 13.9. The predicted molar refractivity (Wildman–Crippen MR) is 140 cm³/mol. The van der Waals surface area contributed by atoms with Crippen LogP contribution in [0.1, 0.15) is 119 Å². The van der Waals surface area contributed by atoms with Gasteiger partial charge in [0.2, 0.25) is 0 Å². The van der Waals surface area contributed by atoms with Crippen molar-refractivity contribution < 1.29 is 19.1 Å². The van der Waals surface area contributed by atoms with E-state index in [4.69, 9.17) is 9.47 Å². The molecule has 4 saturated carbocycles. The Morgan fingerprint density at radius 3 is 2.14 bits per heavy atom. The number of carbonyl (C=O) groups excluding carboxylic acids is 2. The van der Waals surface area contributed by atoms with Crippen molar-refractivity contribution in [3.8, 4) is 0 Å². The van der Waals surface area contributed by atoms with E-state index in [-0.39, 0.29) is 29.6 Å². The van der Waals surface area contributed by atoms with Crippen molar-refractivity contribution in [2.24, 2.45) is 52.3 Å². The van der Waals surface area contributed by atoms with Gasteiger partial charge in [0.1, 0.15) is 12.2 Å². The zero-order valence-corrected chi connectivity index (χ0v) is 23.6. The van der Waals surface area contributed by atoms with E-state index in [9.17, 15) is 9.59 Å². The van der Waals surface area contributed by atoms with E-state index in [1.807, 2.05) is 0 Å². The topological polar surface area (TPSA) is 52.6 Å². The van der Waals surface area contributed by atoms with Crippen LogP contribution in [0.4, 0.5) is 0 Å². The Kier molecular flexibility index (Phi) is 7.99. The molecule has 4 aliphatic carbocycles.